The summed E-state index contributed by atoms with van der Waals surface area (Å²) in [5, 5.41) is 11.5. The second kappa shape index (κ2) is 8.54. The van der Waals surface area contributed by atoms with Gasteiger partial charge in [0, 0.05) is 45.7 Å². The molecule has 1 aromatic rings. The van der Waals surface area contributed by atoms with Crippen LogP contribution in [-0.4, -0.2) is 55.0 Å². The predicted octanol–water partition coefficient (Wildman–Crippen LogP) is 3.17. The molecule has 1 aromatic carbocycles. The quantitative estimate of drug-likeness (QED) is 0.595. The largest absolute Gasteiger partial charge is 0.369 e. The van der Waals surface area contributed by atoms with Crippen molar-refractivity contribution in [1.29, 1.82) is 0 Å². The molecule has 0 aliphatic carbocycles. The number of rotatable bonds is 4. The van der Waals surface area contributed by atoms with Gasteiger partial charge in [-0.25, -0.2) is 4.39 Å². The van der Waals surface area contributed by atoms with Crippen LogP contribution in [0.1, 0.15) is 39.0 Å². The monoisotopic (exact) mass is 378 g/mol. The summed E-state index contributed by atoms with van der Waals surface area (Å²) in [7, 11) is 0. The molecule has 8 heteroatoms. The molecule has 0 bridgehead atoms. The molecule has 2 heterocycles. The maximum atomic E-state index is 14.7. The van der Waals surface area contributed by atoms with E-state index in [9.17, 15) is 19.3 Å². The van der Waals surface area contributed by atoms with Crippen molar-refractivity contribution in [2.24, 2.45) is 0 Å². The van der Waals surface area contributed by atoms with Crippen LogP contribution >= 0.6 is 0 Å². The third-order valence-electron chi connectivity index (χ3n) is 5.46. The van der Waals surface area contributed by atoms with E-state index in [1.165, 1.54) is 0 Å². The van der Waals surface area contributed by atoms with Crippen LogP contribution in [-0.2, 0) is 4.79 Å². The molecule has 0 N–H and O–H groups in total. The molecule has 3 rings (SSSR count). The number of benzene rings is 1. The second-order valence-electron chi connectivity index (χ2n) is 7.17. The van der Waals surface area contributed by atoms with Gasteiger partial charge < -0.3 is 14.7 Å². The Morgan fingerprint density at radius 1 is 1.00 bits per heavy atom. The van der Waals surface area contributed by atoms with Crippen molar-refractivity contribution in [2.45, 2.75) is 39.0 Å². The number of halogens is 1. The Morgan fingerprint density at radius 3 is 2.15 bits per heavy atom. The van der Waals surface area contributed by atoms with Crippen molar-refractivity contribution in [2.75, 3.05) is 49.1 Å². The van der Waals surface area contributed by atoms with Gasteiger partial charge in [-0.2, -0.15) is 0 Å². The third-order valence-corrected chi connectivity index (χ3v) is 5.46. The number of nitro groups is 1. The smallest absolute Gasteiger partial charge is 0.295 e. The van der Waals surface area contributed by atoms with E-state index in [1.54, 1.807) is 11.0 Å². The number of piperazine rings is 1. The predicted molar refractivity (Wildman–Crippen MR) is 103 cm³/mol. The minimum Gasteiger partial charge on any atom is -0.369 e. The fraction of sp³-hybridized carbons (Fsp3) is 0.632. The first-order valence-corrected chi connectivity index (χ1v) is 9.77. The van der Waals surface area contributed by atoms with E-state index in [2.05, 4.69) is 0 Å². The second-order valence-corrected chi connectivity index (χ2v) is 7.17. The molecule has 0 radical (unpaired) electrons. The molecule has 0 unspecified atom stereocenters. The normalized spacial score (nSPS) is 18.4. The van der Waals surface area contributed by atoms with Gasteiger partial charge in [0.15, 0.2) is 5.82 Å². The summed E-state index contributed by atoms with van der Waals surface area (Å²) >= 11 is 0. The lowest BCUT2D eigenvalue weighted by Gasteiger charge is -2.36. The fourth-order valence-electron chi connectivity index (χ4n) is 3.91. The lowest BCUT2D eigenvalue weighted by atomic mass is 10.1. The Balaban J connectivity index is 1.87. The molecule has 7 nitrogen and oxygen atoms in total. The van der Waals surface area contributed by atoms with Crippen molar-refractivity contribution in [1.82, 2.24) is 4.90 Å². The minimum atomic E-state index is -0.535. The highest BCUT2D eigenvalue weighted by molar-refractivity contribution is 5.76. The zero-order valence-electron chi connectivity index (χ0n) is 15.8. The topological polar surface area (TPSA) is 69.9 Å². The molecule has 2 aliphatic rings. The number of carbonyl (C=O) groups excluding carboxylic acids is 1. The molecular weight excluding hydrogens is 351 g/mol. The first-order chi connectivity index (χ1) is 13.0. The maximum absolute atomic E-state index is 14.7. The Bertz CT molecular complexity index is 696. The highest BCUT2D eigenvalue weighted by atomic mass is 19.1. The average molecular weight is 378 g/mol. The highest BCUT2D eigenvalue weighted by Gasteiger charge is 2.28. The Hall–Kier alpha value is -2.38. The van der Waals surface area contributed by atoms with Crippen LogP contribution in [0.4, 0.5) is 21.5 Å². The van der Waals surface area contributed by atoms with Gasteiger partial charge in [-0.15, -0.1) is 0 Å². The summed E-state index contributed by atoms with van der Waals surface area (Å²) in [6.07, 6.45) is 4.72. The van der Waals surface area contributed by atoms with Crippen LogP contribution in [0.2, 0.25) is 0 Å². The van der Waals surface area contributed by atoms with Gasteiger partial charge in [-0.1, -0.05) is 19.8 Å². The van der Waals surface area contributed by atoms with Gasteiger partial charge in [-0.3, -0.25) is 14.9 Å². The Kier molecular flexibility index (Phi) is 6.13. The molecule has 0 saturated carbocycles. The molecular formula is C19H27FN4O3. The summed E-state index contributed by atoms with van der Waals surface area (Å²) in [5.41, 5.74) is 0.690. The van der Waals surface area contributed by atoms with Crippen LogP contribution in [0.5, 0.6) is 0 Å². The van der Waals surface area contributed by atoms with E-state index in [1.807, 2.05) is 16.7 Å². The number of hydrogen-bond donors (Lipinski definition) is 0. The minimum absolute atomic E-state index is 0.0912. The first kappa shape index (κ1) is 19.4. The molecule has 0 aromatic heterocycles. The summed E-state index contributed by atoms with van der Waals surface area (Å²) in [6.45, 7) is 5.45. The van der Waals surface area contributed by atoms with E-state index in [4.69, 9.17) is 0 Å². The Labute approximate surface area is 158 Å². The van der Waals surface area contributed by atoms with Gasteiger partial charge >= 0.3 is 0 Å². The number of carbonyl (C=O) groups is 1. The number of nitrogens with zero attached hydrogens (tertiary/aromatic N) is 4. The van der Waals surface area contributed by atoms with Gasteiger partial charge in [0.2, 0.25) is 5.91 Å². The molecule has 148 valence electrons. The number of anilines is 2. The zero-order chi connectivity index (χ0) is 19.4. The van der Waals surface area contributed by atoms with Gasteiger partial charge in [0.1, 0.15) is 5.69 Å². The molecule has 2 fully saturated rings. The van der Waals surface area contributed by atoms with Crippen molar-refractivity contribution in [3.63, 3.8) is 0 Å². The summed E-state index contributed by atoms with van der Waals surface area (Å²) < 4.78 is 14.7. The Morgan fingerprint density at radius 2 is 1.59 bits per heavy atom. The van der Waals surface area contributed by atoms with Crippen LogP contribution < -0.4 is 9.80 Å². The van der Waals surface area contributed by atoms with Crippen molar-refractivity contribution < 1.29 is 14.1 Å². The SMILES string of the molecule is CCC(=O)N1CCN(c2cc(N3CCCCCC3)c(F)cc2[N+](=O)[O-])CC1. The molecule has 0 spiro atoms. The van der Waals surface area contributed by atoms with Gasteiger partial charge in [0.05, 0.1) is 16.7 Å². The fourth-order valence-corrected chi connectivity index (χ4v) is 3.91. The maximum Gasteiger partial charge on any atom is 0.295 e. The van der Waals surface area contributed by atoms with Gasteiger partial charge in [-0.05, 0) is 18.9 Å². The third kappa shape index (κ3) is 4.31. The molecule has 0 atom stereocenters. The van der Waals surface area contributed by atoms with E-state index >= 15 is 0 Å². The van der Waals surface area contributed by atoms with Crippen LogP contribution in [0.25, 0.3) is 0 Å². The van der Waals surface area contributed by atoms with Crippen LogP contribution in [0.3, 0.4) is 0 Å². The van der Waals surface area contributed by atoms with E-state index in [0.29, 0.717) is 44.0 Å². The van der Waals surface area contributed by atoms with E-state index in [0.717, 1.165) is 44.8 Å². The van der Waals surface area contributed by atoms with Crippen molar-refractivity contribution >= 4 is 23.0 Å². The summed E-state index contributed by atoms with van der Waals surface area (Å²) in [6, 6.07) is 2.69. The first-order valence-electron chi connectivity index (χ1n) is 9.77. The lowest BCUT2D eigenvalue weighted by Crippen LogP contribution is -2.48. The standard InChI is InChI=1S/C19H27FN4O3/c1-2-19(25)23-11-9-22(10-12-23)17-14-16(15(20)13-18(17)24(26)27)21-7-5-3-4-6-8-21/h13-14H,2-12H2,1H3. The van der Waals surface area contributed by atoms with Crippen molar-refractivity contribution in [3.8, 4) is 0 Å². The molecule has 27 heavy (non-hydrogen) atoms. The molecule has 2 aliphatic heterocycles. The zero-order valence-corrected chi connectivity index (χ0v) is 15.8. The van der Waals surface area contributed by atoms with Crippen molar-refractivity contribution in [3.05, 3.63) is 28.1 Å². The number of amides is 1. The average Bonchev–Trinajstić information content (AvgIpc) is 2.96. The molecule has 2 saturated heterocycles. The van der Waals surface area contributed by atoms with Gasteiger partial charge in [0.25, 0.3) is 5.69 Å². The van der Waals surface area contributed by atoms with Crippen LogP contribution in [0.15, 0.2) is 12.1 Å². The van der Waals surface area contributed by atoms with E-state index < -0.39 is 10.7 Å². The highest BCUT2D eigenvalue weighted by Crippen LogP contribution is 2.36. The number of nitro benzene ring substituents is 1. The summed E-state index contributed by atoms with van der Waals surface area (Å²) in [4.78, 5) is 28.5. The lowest BCUT2D eigenvalue weighted by molar-refractivity contribution is -0.384. The van der Waals surface area contributed by atoms with Crippen LogP contribution in [0, 0.1) is 15.9 Å². The molecule has 1 amide bonds. The summed E-state index contributed by atoms with van der Waals surface area (Å²) in [5.74, 6) is -0.444. The number of hydrogen-bond acceptors (Lipinski definition) is 5. The van der Waals surface area contributed by atoms with E-state index in [-0.39, 0.29) is 11.6 Å².